The third-order valence-corrected chi connectivity index (χ3v) is 5.93. The molecule has 2 heterocycles. The molecule has 2 aromatic heterocycles. The lowest BCUT2D eigenvalue weighted by Gasteiger charge is -2.09. The lowest BCUT2D eigenvalue weighted by Crippen LogP contribution is -2.27. The molecule has 116 valence electrons. The minimum Gasteiger partial charge on any atom is -0.349 e. The van der Waals surface area contributed by atoms with Gasteiger partial charge in [-0.3, -0.25) is 0 Å². The molecule has 0 unspecified atom stereocenters. The molecule has 2 aromatic rings. The highest BCUT2D eigenvalue weighted by Gasteiger charge is 2.22. The maximum Gasteiger partial charge on any atom is 0.241 e. The first-order valence-corrected chi connectivity index (χ1v) is 9.16. The van der Waals surface area contributed by atoms with Gasteiger partial charge >= 0.3 is 0 Å². The van der Waals surface area contributed by atoms with Crippen LogP contribution in [0.4, 0.5) is 0 Å². The summed E-state index contributed by atoms with van der Waals surface area (Å²) in [5.74, 6) is 0.771. The Morgan fingerprint density at radius 1 is 1.43 bits per heavy atom. The summed E-state index contributed by atoms with van der Waals surface area (Å²) in [6.07, 6.45) is 3.92. The quantitative estimate of drug-likeness (QED) is 0.684. The molecule has 0 saturated carbocycles. The highest BCUT2D eigenvalue weighted by Crippen LogP contribution is 2.26. The fourth-order valence-corrected chi connectivity index (χ4v) is 4.83. The van der Waals surface area contributed by atoms with Gasteiger partial charge in [0.05, 0.1) is 0 Å². The highest BCUT2D eigenvalue weighted by atomic mass is 32.2. The Morgan fingerprint density at radius 3 is 2.90 bits per heavy atom. The number of hydrogen-bond acceptors (Lipinski definition) is 5. The molecule has 0 aliphatic heterocycles. The van der Waals surface area contributed by atoms with E-state index in [1.165, 1.54) is 11.3 Å². The number of imidazole rings is 1. The molecular weight excluding hydrogens is 308 g/mol. The van der Waals surface area contributed by atoms with Crippen molar-refractivity contribution in [3.63, 3.8) is 0 Å². The van der Waals surface area contributed by atoms with Gasteiger partial charge in [-0.2, -0.15) is 0 Å². The Morgan fingerprint density at radius 2 is 2.24 bits per heavy atom. The van der Waals surface area contributed by atoms with Gasteiger partial charge in [0.1, 0.15) is 10.7 Å². The van der Waals surface area contributed by atoms with E-state index in [0.717, 1.165) is 22.8 Å². The number of thiophene rings is 1. The molecule has 0 bridgehead atoms. The summed E-state index contributed by atoms with van der Waals surface area (Å²) in [5, 5.41) is 5.05. The van der Waals surface area contributed by atoms with E-state index in [9.17, 15) is 8.42 Å². The third-order valence-electron chi connectivity index (χ3n) is 3.00. The topological polar surface area (TPSA) is 86.9 Å². The predicted octanol–water partition coefficient (Wildman–Crippen LogP) is 1.41. The summed E-state index contributed by atoms with van der Waals surface area (Å²) < 4.78 is 27.6. The van der Waals surface area contributed by atoms with E-state index >= 15 is 0 Å². The minimum atomic E-state index is -3.48. The van der Waals surface area contributed by atoms with Crippen LogP contribution in [0.15, 0.2) is 22.7 Å². The van der Waals surface area contributed by atoms with Crippen molar-refractivity contribution < 1.29 is 8.42 Å². The van der Waals surface area contributed by atoms with E-state index < -0.39 is 10.0 Å². The molecule has 0 spiro atoms. The van der Waals surface area contributed by atoms with Crippen molar-refractivity contribution in [2.45, 2.75) is 31.7 Å². The third kappa shape index (κ3) is 4.13. The average molecular weight is 328 g/mol. The average Bonchev–Trinajstić information content (AvgIpc) is 3.06. The van der Waals surface area contributed by atoms with Crippen molar-refractivity contribution in [1.82, 2.24) is 20.0 Å². The molecule has 0 aromatic carbocycles. The monoisotopic (exact) mass is 328 g/mol. The number of H-pyrrole nitrogens is 1. The summed E-state index contributed by atoms with van der Waals surface area (Å²) in [7, 11) is -3.48. The van der Waals surface area contributed by atoms with Crippen LogP contribution in [0.5, 0.6) is 0 Å². The first-order valence-electron chi connectivity index (χ1n) is 6.80. The van der Waals surface area contributed by atoms with Crippen molar-refractivity contribution in [1.29, 1.82) is 0 Å². The molecule has 0 aliphatic carbocycles. The van der Waals surface area contributed by atoms with E-state index in [0.29, 0.717) is 24.4 Å². The fourth-order valence-electron chi connectivity index (χ4n) is 2.02. The largest absolute Gasteiger partial charge is 0.349 e. The maximum atomic E-state index is 12.5. The molecule has 21 heavy (non-hydrogen) atoms. The summed E-state index contributed by atoms with van der Waals surface area (Å²) in [5.41, 5.74) is 0.790. The molecule has 0 atom stereocenters. The smallest absolute Gasteiger partial charge is 0.241 e. The number of aromatic nitrogens is 2. The van der Waals surface area contributed by atoms with Gasteiger partial charge < -0.3 is 10.3 Å². The van der Waals surface area contributed by atoms with Gasteiger partial charge in [-0.1, -0.05) is 6.92 Å². The molecule has 3 N–H and O–H groups in total. The molecule has 0 aliphatic rings. The molecule has 8 heteroatoms. The zero-order chi connectivity index (χ0) is 15.3. The van der Waals surface area contributed by atoms with Crippen LogP contribution >= 0.6 is 11.3 Å². The highest BCUT2D eigenvalue weighted by molar-refractivity contribution is 7.89. The zero-order valence-electron chi connectivity index (χ0n) is 12.1. The van der Waals surface area contributed by atoms with Crippen molar-refractivity contribution in [3.8, 4) is 0 Å². The van der Waals surface area contributed by atoms with Crippen LogP contribution in [0.25, 0.3) is 0 Å². The Bertz CT molecular complexity index is 662. The summed E-state index contributed by atoms with van der Waals surface area (Å²) >= 11 is 1.47. The van der Waals surface area contributed by atoms with Gasteiger partial charge in [0.15, 0.2) is 0 Å². The number of hydrogen-bond donors (Lipinski definition) is 3. The number of sulfonamides is 1. The van der Waals surface area contributed by atoms with E-state index in [1.807, 2.05) is 19.2 Å². The fraction of sp³-hybridized carbons (Fsp3) is 0.462. The second-order valence-electron chi connectivity index (χ2n) is 4.63. The summed E-state index contributed by atoms with van der Waals surface area (Å²) in [6, 6.07) is 0. The van der Waals surface area contributed by atoms with E-state index in [4.69, 9.17) is 0 Å². The lowest BCUT2D eigenvalue weighted by molar-refractivity contribution is 0.578. The van der Waals surface area contributed by atoms with Gasteiger partial charge in [0, 0.05) is 36.8 Å². The second kappa shape index (κ2) is 7.17. The first-order chi connectivity index (χ1) is 10.0. The normalized spacial score (nSPS) is 11.9. The zero-order valence-corrected chi connectivity index (χ0v) is 13.8. The Balaban J connectivity index is 2.06. The first kappa shape index (κ1) is 16.2. The van der Waals surface area contributed by atoms with Crippen LogP contribution in [-0.2, 0) is 23.0 Å². The number of nitrogens with zero attached hydrogens (tertiary/aromatic N) is 1. The number of rotatable bonds is 8. The molecule has 2 rings (SSSR count). The standard InChI is InChI=1S/C13H20N4O2S2/c1-3-14-8-11-13(10(2)9-20-11)21(18,19)17-5-4-12-15-6-7-16-12/h6-7,9,14,17H,3-5,8H2,1-2H3,(H,15,16). The second-order valence-corrected chi connectivity index (χ2v) is 7.30. The SMILES string of the molecule is CCNCc1scc(C)c1S(=O)(=O)NCCc1ncc[nH]1. The molecule has 0 fully saturated rings. The van der Waals surface area contributed by atoms with Crippen molar-refractivity contribution in [3.05, 3.63) is 34.0 Å². The van der Waals surface area contributed by atoms with Crippen LogP contribution in [0.2, 0.25) is 0 Å². The minimum absolute atomic E-state index is 0.325. The van der Waals surface area contributed by atoms with Crippen LogP contribution in [0, 0.1) is 6.92 Å². The lowest BCUT2D eigenvalue weighted by atomic mass is 10.3. The molecule has 0 saturated heterocycles. The van der Waals surface area contributed by atoms with Crippen molar-refractivity contribution in [2.24, 2.45) is 0 Å². The van der Waals surface area contributed by atoms with Gasteiger partial charge in [-0.05, 0) is 24.4 Å². The molecule has 0 radical (unpaired) electrons. The molecule has 6 nitrogen and oxygen atoms in total. The van der Waals surface area contributed by atoms with E-state index in [-0.39, 0.29) is 0 Å². The van der Waals surface area contributed by atoms with Gasteiger partial charge in [0.25, 0.3) is 0 Å². The van der Waals surface area contributed by atoms with Crippen molar-refractivity contribution in [2.75, 3.05) is 13.1 Å². The van der Waals surface area contributed by atoms with Crippen LogP contribution in [0.1, 0.15) is 23.2 Å². The molecular formula is C13H20N4O2S2. The van der Waals surface area contributed by atoms with Crippen LogP contribution in [0.3, 0.4) is 0 Å². The van der Waals surface area contributed by atoms with Crippen LogP contribution < -0.4 is 10.0 Å². The van der Waals surface area contributed by atoms with Gasteiger partial charge in [-0.15, -0.1) is 11.3 Å². The Kier molecular flexibility index (Phi) is 5.51. The number of aromatic amines is 1. The number of nitrogens with one attached hydrogen (secondary N) is 3. The summed E-state index contributed by atoms with van der Waals surface area (Å²) in [6.45, 7) is 5.53. The van der Waals surface area contributed by atoms with E-state index in [2.05, 4.69) is 20.0 Å². The van der Waals surface area contributed by atoms with Gasteiger partial charge in [0.2, 0.25) is 10.0 Å². The number of aryl methyl sites for hydroxylation is 1. The maximum absolute atomic E-state index is 12.5. The van der Waals surface area contributed by atoms with Gasteiger partial charge in [-0.25, -0.2) is 18.1 Å². The van der Waals surface area contributed by atoms with Crippen LogP contribution in [-0.4, -0.2) is 31.5 Å². The van der Waals surface area contributed by atoms with E-state index in [1.54, 1.807) is 12.4 Å². The van der Waals surface area contributed by atoms with Crippen molar-refractivity contribution >= 4 is 21.4 Å². The Labute approximate surface area is 129 Å². The molecule has 0 amide bonds. The summed E-state index contributed by atoms with van der Waals surface area (Å²) in [4.78, 5) is 8.29. The Hall–Kier alpha value is -1.22. The predicted molar refractivity (Wildman–Crippen MR) is 83.9 cm³/mol.